The lowest BCUT2D eigenvalue weighted by Gasteiger charge is -2.43. The smallest absolute Gasteiger partial charge is 0.410 e. The van der Waals surface area contributed by atoms with Crippen molar-refractivity contribution in [3.8, 4) is 0 Å². The molecule has 5 aliphatic rings. The number of piperidine rings is 1. The first kappa shape index (κ1) is 24.8. The van der Waals surface area contributed by atoms with Crippen LogP contribution in [0.15, 0.2) is 11.6 Å². The van der Waals surface area contributed by atoms with Gasteiger partial charge in [0.2, 0.25) is 0 Å². The summed E-state index contributed by atoms with van der Waals surface area (Å²) in [5.41, 5.74) is 0.700. The SMILES string of the molecule is CO[C@H]1C([C@@]2(C)O[C@@H]2CC=C(C)C)[C@]2(CC[C@H]1OC(=O)N1C[C@@H]3[C@@H](COC(=O)N(C)C)[C@@H]3C1)CO2. The highest BCUT2D eigenvalue weighted by atomic mass is 16.6. The Bertz CT molecular complexity index is 871. The van der Waals surface area contributed by atoms with Crippen LogP contribution in [0.5, 0.6) is 0 Å². The van der Waals surface area contributed by atoms with Crippen molar-refractivity contribution in [1.82, 2.24) is 9.80 Å². The Morgan fingerprint density at radius 2 is 1.89 bits per heavy atom. The number of amides is 2. The highest BCUT2D eigenvalue weighted by Crippen LogP contribution is 2.60. The molecule has 5 fully saturated rings. The molecule has 3 aliphatic heterocycles. The maximum Gasteiger partial charge on any atom is 0.410 e. The van der Waals surface area contributed by atoms with Crippen LogP contribution in [-0.2, 0) is 23.7 Å². The van der Waals surface area contributed by atoms with Crippen molar-refractivity contribution < 1.29 is 33.3 Å². The molecule has 35 heavy (non-hydrogen) atoms. The summed E-state index contributed by atoms with van der Waals surface area (Å²) in [6, 6.07) is 0. The zero-order valence-corrected chi connectivity index (χ0v) is 21.8. The highest BCUT2D eigenvalue weighted by Gasteiger charge is 2.72. The normalized spacial score (nSPS) is 42.8. The number of methoxy groups -OCH3 is 1. The van der Waals surface area contributed by atoms with Crippen molar-refractivity contribution in [1.29, 1.82) is 0 Å². The predicted molar refractivity (Wildman–Crippen MR) is 127 cm³/mol. The fourth-order valence-electron chi connectivity index (χ4n) is 6.62. The number of hydrogen-bond donors (Lipinski definition) is 0. The van der Waals surface area contributed by atoms with Crippen molar-refractivity contribution in [2.24, 2.45) is 23.7 Å². The van der Waals surface area contributed by atoms with Gasteiger partial charge in [0.1, 0.15) is 23.4 Å². The van der Waals surface area contributed by atoms with Crippen molar-refractivity contribution in [2.75, 3.05) is 47.5 Å². The molecule has 2 amide bonds. The van der Waals surface area contributed by atoms with Crippen LogP contribution in [0.1, 0.15) is 40.0 Å². The third-order valence-corrected chi connectivity index (χ3v) is 8.88. The number of likely N-dealkylation sites (tertiary alicyclic amines) is 1. The Balaban J connectivity index is 1.17. The van der Waals surface area contributed by atoms with Crippen LogP contribution in [0.3, 0.4) is 0 Å². The number of carbonyl (C=O) groups is 2. The topological polar surface area (TPSA) is 93.4 Å². The van der Waals surface area contributed by atoms with Gasteiger partial charge in [-0.15, -0.1) is 0 Å². The van der Waals surface area contributed by atoms with E-state index in [9.17, 15) is 9.59 Å². The Morgan fingerprint density at radius 3 is 2.46 bits per heavy atom. The molecule has 196 valence electrons. The molecule has 0 aromatic carbocycles. The summed E-state index contributed by atoms with van der Waals surface area (Å²) in [6.07, 6.45) is 3.58. The van der Waals surface area contributed by atoms with Gasteiger partial charge >= 0.3 is 12.2 Å². The second-order valence-electron chi connectivity index (χ2n) is 11.7. The molecule has 3 saturated heterocycles. The van der Waals surface area contributed by atoms with Gasteiger partial charge in [-0.1, -0.05) is 11.6 Å². The largest absolute Gasteiger partial charge is 0.449 e. The summed E-state index contributed by atoms with van der Waals surface area (Å²) < 4.78 is 29.6. The zero-order valence-electron chi connectivity index (χ0n) is 21.8. The van der Waals surface area contributed by atoms with Crippen molar-refractivity contribution in [3.05, 3.63) is 11.6 Å². The fraction of sp³-hybridized carbons (Fsp3) is 0.846. The number of nitrogens with zero attached hydrogens (tertiary/aromatic N) is 2. The predicted octanol–water partition coefficient (Wildman–Crippen LogP) is 3.08. The van der Waals surface area contributed by atoms with Crippen LogP contribution in [-0.4, -0.2) is 99.0 Å². The zero-order chi connectivity index (χ0) is 25.1. The molecule has 2 aliphatic carbocycles. The van der Waals surface area contributed by atoms with E-state index in [1.165, 1.54) is 10.5 Å². The number of rotatable bonds is 7. The summed E-state index contributed by atoms with van der Waals surface area (Å²) in [7, 11) is 5.04. The molecule has 0 aromatic rings. The molecule has 3 heterocycles. The molecule has 2 saturated carbocycles. The van der Waals surface area contributed by atoms with Gasteiger partial charge in [-0.3, -0.25) is 0 Å². The van der Waals surface area contributed by atoms with E-state index in [-0.39, 0.29) is 47.6 Å². The average molecular weight is 493 g/mol. The van der Waals surface area contributed by atoms with Crippen molar-refractivity contribution >= 4 is 12.2 Å². The summed E-state index contributed by atoms with van der Waals surface area (Å²) >= 11 is 0. The second kappa shape index (κ2) is 8.92. The minimum Gasteiger partial charge on any atom is -0.449 e. The van der Waals surface area contributed by atoms with Crippen LogP contribution in [0.4, 0.5) is 9.59 Å². The summed E-state index contributed by atoms with van der Waals surface area (Å²) in [6.45, 7) is 8.78. The van der Waals surface area contributed by atoms with Crippen LogP contribution < -0.4 is 0 Å². The van der Waals surface area contributed by atoms with Crippen molar-refractivity contribution in [2.45, 2.75) is 69.5 Å². The van der Waals surface area contributed by atoms with Gasteiger partial charge in [0.15, 0.2) is 0 Å². The van der Waals surface area contributed by atoms with E-state index in [0.29, 0.717) is 44.1 Å². The lowest BCUT2D eigenvalue weighted by molar-refractivity contribution is -0.121. The first-order valence-corrected chi connectivity index (χ1v) is 12.9. The number of fused-ring (bicyclic) bond motifs is 1. The van der Waals surface area contributed by atoms with Gasteiger partial charge in [-0.05, 0) is 51.9 Å². The van der Waals surface area contributed by atoms with Gasteiger partial charge < -0.3 is 33.5 Å². The molecule has 9 atom stereocenters. The number of carbonyl (C=O) groups excluding carboxylic acids is 2. The van der Waals surface area contributed by atoms with Gasteiger partial charge in [-0.25, -0.2) is 9.59 Å². The molecule has 9 heteroatoms. The lowest BCUT2D eigenvalue weighted by Crippen LogP contribution is -2.56. The third-order valence-electron chi connectivity index (χ3n) is 8.88. The lowest BCUT2D eigenvalue weighted by atomic mass is 9.68. The Labute approximate surface area is 208 Å². The molecule has 9 nitrogen and oxygen atoms in total. The van der Waals surface area contributed by atoms with Gasteiger partial charge in [-0.2, -0.15) is 0 Å². The molecular weight excluding hydrogens is 452 g/mol. The molecule has 5 rings (SSSR count). The van der Waals surface area contributed by atoms with E-state index in [4.69, 9.17) is 23.7 Å². The minimum absolute atomic E-state index is 0.0184. The standard InChI is InChI=1S/C26H40N2O7/c1-15(2)7-8-20-25(3,35-20)22-21(31-6)19(9-10-26(22)14-33-26)34-24(30)28-11-16-17(12-28)18(16)13-32-23(29)27(4)5/h7,16-22H,8-14H2,1-6H3/t16-,17+,18+,19-,20-,21-,22?,25+,26+/m1/s1. The maximum absolute atomic E-state index is 13.1. The second-order valence-corrected chi connectivity index (χ2v) is 11.7. The van der Waals surface area contributed by atoms with Crippen LogP contribution in [0.25, 0.3) is 0 Å². The summed E-state index contributed by atoms with van der Waals surface area (Å²) in [5.74, 6) is 1.12. The quantitative estimate of drug-likeness (QED) is 0.398. The molecule has 1 unspecified atom stereocenters. The minimum atomic E-state index is -0.347. The molecule has 0 N–H and O–H groups in total. The Kier molecular flexibility index (Phi) is 6.33. The van der Waals surface area contributed by atoms with E-state index >= 15 is 0 Å². The molecular formula is C26H40N2O7. The first-order valence-electron chi connectivity index (χ1n) is 12.9. The number of hydrogen-bond acceptors (Lipinski definition) is 7. The van der Waals surface area contributed by atoms with E-state index in [0.717, 1.165) is 19.3 Å². The third kappa shape index (κ3) is 4.55. The molecule has 0 radical (unpaired) electrons. The monoisotopic (exact) mass is 492 g/mol. The van der Waals surface area contributed by atoms with Crippen LogP contribution in [0, 0.1) is 23.7 Å². The summed E-state index contributed by atoms with van der Waals surface area (Å²) in [5, 5.41) is 0. The average Bonchev–Trinajstić information content (AvgIpc) is 3.77. The van der Waals surface area contributed by atoms with Crippen molar-refractivity contribution in [3.63, 3.8) is 0 Å². The number of ether oxygens (including phenoxy) is 5. The maximum atomic E-state index is 13.1. The fourth-order valence-corrected chi connectivity index (χ4v) is 6.62. The van der Waals surface area contributed by atoms with Gasteiger partial charge in [0.25, 0.3) is 0 Å². The van der Waals surface area contributed by atoms with E-state index < -0.39 is 0 Å². The van der Waals surface area contributed by atoms with Gasteiger partial charge in [0, 0.05) is 40.2 Å². The number of allylic oxidation sites excluding steroid dienone is 1. The number of epoxide rings is 2. The Hall–Kier alpha value is -1.84. The molecule has 1 spiro atoms. The first-order chi connectivity index (χ1) is 16.6. The van der Waals surface area contributed by atoms with E-state index in [2.05, 4.69) is 26.8 Å². The van der Waals surface area contributed by atoms with Crippen LogP contribution in [0.2, 0.25) is 0 Å². The van der Waals surface area contributed by atoms with E-state index in [1.54, 1.807) is 26.1 Å². The van der Waals surface area contributed by atoms with E-state index in [1.807, 2.05) is 0 Å². The Morgan fingerprint density at radius 1 is 1.20 bits per heavy atom. The molecule has 0 bridgehead atoms. The van der Waals surface area contributed by atoms with Gasteiger partial charge in [0.05, 0.1) is 25.2 Å². The highest BCUT2D eigenvalue weighted by molar-refractivity contribution is 5.69. The summed E-state index contributed by atoms with van der Waals surface area (Å²) in [4.78, 5) is 28.0. The molecule has 0 aromatic heterocycles. The van der Waals surface area contributed by atoms with Crippen LogP contribution >= 0.6 is 0 Å².